The molecule has 2 rings (SSSR count). The first-order chi connectivity index (χ1) is 10.3. The lowest BCUT2D eigenvalue weighted by Crippen LogP contribution is -2.16. The monoisotopic (exact) mass is 341 g/mol. The van der Waals surface area contributed by atoms with Gasteiger partial charge in [-0.25, -0.2) is 18.0 Å². The standard InChI is InChI=1S/C13H11NO6S2/c1-20-13(17)11-10(5-6-21-11)22(18,19)14-9-4-2-3-8(7-9)12(15)16/h2-7,14H,1H3,(H,15,16). The molecule has 0 saturated carbocycles. The number of hydrogen-bond donors (Lipinski definition) is 2. The van der Waals surface area contributed by atoms with Gasteiger partial charge in [0.15, 0.2) is 0 Å². The van der Waals surface area contributed by atoms with E-state index in [1.807, 2.05) is 0 Å². The van der Waals surface area contributed by atoms with Crippen LogP contribution in [-0.4, -0.2) is 32.6 Å². The van der Waals surface area contributed by atoms with Gasteiger partial charge >= 0.3 is 11.9 Å². The number of sulfonamides is 1. The second kappa shape index (κ2) is 6.16. The highest BCUT2D eigenvalue weighted by molar-refractivity contribution is 7.93. The zero-order valence-electron chi connectivity index (χ0n) is 11.3. The number of carboxylic acid groups (broad SMARTS) is 1. The van der Waals surface area contributed by atoms with Crippen molar-refractivity contribution in [1.29, 1.82) is 0 Å². The van der Waals surface area contributed by atoms with Crippen LogP contribution < -0.4 is 4.72 Å². The normalized spacial score (nSPS) is 11.0. The van der Waals surface area contributed by atoms with Crippen LogP contribution in [0.15, 0.2) is 40.6 Å². The molecule has 0 atom stereocenters. The van der Waals surface area contributed by atoms with E-state index in [-0.39, 0.29) is 21.0 Å². The van der Waals surface area contributed by atoms with E-state index in [0.717, 1.165) is 18.4 Å². The Morgan fingerprint density at radius 2 is 2.00 bits per heavy atom. The molecule has 116 valence electrons. The Balaban J connectivity index is 2.37. The van der Waals surface area contributed by atoms with Crippen molar-refractivity contribution in [1.82, 2.24) is 0 Å². The molecule has 0 aliphatic rings. The van der Waals surface area contributed by atoms with Crippen LogP contribution in [0.5, 0.6) is 0 Å². The minimum Gasteiger partial charge on any atom is -0.478 e. The summed E-state index contributed by atoms with van der Waals surface area (Å²) in [5, 5.41) is 10.4. The highest BCUT2D eigenvalue weighted by atomic mass is 32.2. The average molecular weight is 341 g/mol. The summed E-state index contributed by atoms with van der Waals surface area (Å²) in [6, 6.07) is 6.62. The molecule has 0 fully saturated rings. The third-order valence-corrected chi connectivity index (χ3v) is 5.10. The van der Waals surface area contributed by atoms with Crippen LogP contribution in [0.25, 0.3) is 0 Å². The molecule has 0 bridgehead atoms. The third-order valence-electron chi connectivity index (χ3n) is 2.65. The summed E-state index contributed by atoms with van der Waals surface area (Å²) >= 11 is 0.940. The Hall–Kier alpha value is -2.39. The molecule has 22 heavy (non-hydrogen) atoms. The summed E-state index contributed by atoms with van der Waals surface area (Å²) in [6.07, 6.45) is 0. The van der Waals surface area contributed by atoms with Crippen LogP contribution in [0, 0.1) is 0 Å². The van der Waals surface area contributed by atoms with E-state index in [1.165, 1.54) is 35.7 Å². The molecule has 0 saturated heterocycles. The van der Waals surface area contributed by atoms with Gasteiger partial charge in [0.2, 0.25) is 0 Å². The van der Waals surface area contributed by atoms with E-state index in [0.29, 0.717) is 0 Å². The van der Waals surface area contributed by atoms with E-state index < -0.39 is 22.0 Å². The summed E-state index contributed by atoms with van der Waals surface area (Å²) in [6.45, 7) is 0. The van der Waals surface area contributed by atoms with E-state index in [9.17, 15) is 18.0 Å². The van der Waals surface area contributed by atoms with Crippen LogP contribution in [-0.2, 0) is 14.8 Å². The summed E-state index contributed by atoms with van der Waals surface area (Å²) in [4.78, 5) is 22.2. The zero-order valence-corrected chi connectivity index (χ0v) is 12.9. The maximum absolute atomic E-state index is 12.3. The highest BCUT2D eigenvalue weighted by Crippen LogP contribution is 2.25. The van der Waals surface area contributed by atoms with Crippen molar-refractivity contribution in [2.45, 2.75) is 4.90 Å². The van der Waals surface area contributed by atoms with Gasteiger partial charge in [0.25, 0.3) is 10.0 Å². The number of benzene rings is 1. The number of hydrogen-bond acceptors (Lipinski definition) is 6. The van der Waals surface area contributed by atoms with Gasteiger partial charge in [-0.1, -0.05) is 6.07 Å². The SMILES string of the molecule is COC(=O)c1sccc1S(=O)(=O)Nc1cccc(C(=O)O)c1. The fraction of sp³-hybridized carbons (Fsp3) is 0.0769. The van der Waals surface area contributed by atoms with E-state index in [1.54, 1.807) is 0 Å². The van der Waals surface area contributed by atoms with Crippen LogP contribution in [0.2, 0.25) is 0 Å². The van der Waals surface area contributed by atoms with Gasteiger partial charge < -0.3 is 9.84 Å². The first-order valence-corrected chi connectivity index (χ1v) is 8.23. The molecule has 0 aliphatic carbocycles. The minimum atomic E-state index is -4.03. The Morgan fingerprint density at radius 3 is 2.64 bits per heavy atom. The van der Waals surface area contributed by atoms with Gasteiger partial charge in [0.05, 0.1) is 12.7 Å². The van der Waals surface area contributed by atoms with Crippen molar-refractivity contribution in [3.8, 4) is 0 Å². The molecule has 0 radical (unpaired) electrons. The maximum atomic E-state index is 12.3. The second-order valence-corrected chi connectivity index (χ2v) is 6.66. The summed E-state index contributed by atoms with van der Waals surface area (Å²) in [7, 11) is -2.88. The topological polar surface area (TPSA) is 110 Å². The molecule has 9 heteroatoms. The molecule has 2 N–H and O–H groups in total. The van der Waals surface area contributed by atoms with Gasteiger partial charge in [-0.15, -0.1) is 11.3 Å². The number of carbonyl (C=O) groups is 2. The summed E-state index contributed by atoms with van der Waals surface area (Å²) in [5.41, 5.74) is 0.0284. The van der Waals surface area contributed by atoms with E-state index in [2.05, 4.69) is 9.46 Å². The molecule has 1 aromatic heterocycles. The predicted octanol–water partition coefficient (Wildman–Crippen LogP) is 2.03. The minimum absolute atomic E-state index is 0.0515. The lowest BCUT2D eigenvalue weighted by molar-refractivity contribution is 0.0601. The van der Waals surface area contributed by atoms with Crippen LogP contribution in [0.4, 0.5) is 5.69 Å². The number of esters is 1. The van der Waals surface area contributed by atoms with Crippen molar-refractivity contribution in [2.24, 2.45) is 0 Å². The van der Waals surface area contributed by atoms with Gasteiger partial charge in [-0.2, -0.15) is 0 Å². The quantitative estimate of drug-likeness (QED) is 0.805. The number of nitrogens with one attached hydrogen (secondary N) is 1. The van der Waals surface area contributed by atoms with Crippen molar-refractivity contribution in [3.63, 3.8) is 0 Å². The fourth-order valence-electron chi connectivity index (χ4n) is 1.68. The Kier molecular flexibility index (Phi) is 4.48. The third kappa shape index (κ3) is 3.26. The molecule has 7 nitrogen and oxygen atoms in total. The largest absolute Gasteiger partial charge is 0.478 e. The lowest BCUT2D eigenvalue weighted by atomic mass is 10.2. The number of aromatic carboxylic acids is 1. The molecular weight excluding hydrogens is 330 g/mol. The lowest BCUT2D eigenvalue weighted by Gasteiger charge is -2.08. The number of methoxy groups -OCH3 is 1. The smallest absolute Gasteiger partial charge is 0.349 e. The average Bonchev–Trinajstić information content (AvgIpc) is 2.96. The van der Waals surface area contributed by atoms with Gasteiger partial charge in [0.1, 0.15) is 9.77 Å². The van der Waals surface area contributed by atoms with Crippen LogP contribution in [0.3, 0.4) is 0 Å². The maximum Gasteiger partial charge on any atom is 0.349 e. The molecule has 1 heterocycles. The Morgan fingerprint density at radius 1 is 1.27 bits per heavy atom. The number of anilines is 1. The highest BCUT2D eigenvalue weighted by Gasteiger charge is 2.24. The molecule has 0 spiro atoms. The van der Waals surface area contributed by atoms with Crippen molar-refractivity contribution in [3.05, 3.63) is 46.2 Å². The van der Waals surface area contributed by atoms with Gasteiger partial charge in [-0.3, -0.25) is 4.72 Å². The Bertz CT molecular complexity index is 825. The zero-order chi connectivity index (χ0) is 16.3. The van der Waals surface area contributed by atoms with E-state index >= 15 is 0 Å². The first-order valence-electron chi connectivity index (χ1n) is 5.87. The van der Waals surface area contributed by atoms with Crippen molar-refractivity contribution in [2.75, 3.05) is 11.8 Å². The molecule has 0 amide bonds. The Labute approximate surface area is 130 Å². The van der Waals surface area contributed by atoms with Gasteiger partial charge in [0, 0.05) is 5.69 Å². The van der Waals surface area contributed by atoms with Crippen LogP contribution in [0.1, 0.15) is 20.0 Å². The molecule has 2 aromatic rings. The number of carbonyl (C=O) groups excluding carboxylic acids is 1. The number of ether oxygens (including phenoxy) is 1. The van der Waals surface area contributed by atoms with Crippen molar-refractivity contribution < 1.29 is 27.9 Å². The summed E-state index contributed by atoms with van der Waals surface area (Å²) in [5.74, 6) is -1.93. The summed E-state index contributed by atoms with van der Waals surface area (Å²) < 4.78 is 31.4. The van der Waals surface area contributed by atoms with E-state index in [4.69, 9.17) is 5.11 Å². The first kappa shape index (κ1) is 16.0. The van der Waals surface area contributed by atoms with Crippen molar-refractivity contribution >= 4 is 39.0 Å². The van der Waals surface area contributed by atoms with Crippen LogP contribution >= 0.6 is 11.3 Å². The number of thiophene rings is 1. The molecule has 1 aromatic carbocycles. The molecule has 0 aliphatic heterocycles. The predicted molar refractivity (Wildman–Crippen MR) is 79.9 cm³/mol. The van der Waals surface area contributed by atoms with Gasteiger partial charge in [-0.05, 0) is 29.6 Å². The number of carboxylic acids is 1. The fourth-order valence-corrected chi connectivity index (χ4v) is 4.06. The molecule has 0 unspecified atom stereocenters. The number of rotatable bonds is 5. The second-order valence-electron chi connectivity index (χ2n) is 4.10. The molecular formula is C13H11NO6S2.